The Balaban J connectivity index is 1.66. The molecule has 1 N–H and O–H groups in total. The van der Waals surface area contributed by atoms with Gasteiger partial charge in [0.05, 0.1) is 17.1 Å². The number of carbonyl (C=O) groups excluding carboxylic acids is 1. The van der Waals surface area contributed by atoms with Crippen LogP contribution in [0.1, 0.15) is 48.4 Å². The second-order valence-corrected chi connectivity index (χ2v) is 8.01. The van der Waals surface area contributed by atoms with Crippen LogP contribution in [0, 0.1) is 5.82 Å². The molecule has 7 heteroatoms. The number of halogens is 1. The van der Waals surface area contributed by atoms with Gasteiger partial charge in [0.2, 0.25) is 5.91 Å². The quantitative estimate of drug-likeness (QED) is 0.817. The first-order valence-corrected chi connectivity index (χ1v) is 9.96. The van der Waals surface area contributed by atoms with Crippen LogP contribution in [0.25, 0.3) is 0 Å². The van der Waals surface area contributed by atoms with Crippen LogP contribution >= 0.6 is 11.3 Å². The van der Waals surface area contributed by atoms with Crippen molar-refractivity contribution in [3.63, 3.8) is 0 Å². The van der Waals surface area contributed by atoms with Crippen LogP contribution in [0.5, 0.6) is 0 Å². The Hall–Kier alpha value is -2.28. The summed E-state index contributed by atoms with van der Waals surface area (Å²) < 4.78 is 13.0. The van der Waals surface area contributed by atoms with E-state index in [1.807, 2.05) is 5.38 Å². The zero-order valence-electron chi connectivity index (χ0n) is 15.3. The summed E-state index contributed by atoms with van der Waals surface area (Å²) >= 11 is 1.45. The van der Waals surface area contributed by atoms with Crippen LogP contribution in [-0.2, 0) is 22.4 Å². The molecule has 0 bridgehead atoms. The minimum Gasteiger partial charge on any atom is -0.479 e. The molecule has 5 nitrogen and oxygen atoms in total. The number of thiazole rings is 1. The maximum atomic E-state index is 13.0. The molecule has 3 rings (SSSR count). The number of amides is 1. The third-order valence-electron chi connectivity index (χ3n) is 5.30. The molecule has 1 amide bonds. The van der Waals surface area contributed by atoms with Crippen LogP contribution in [0.2, 0.25) is 0 Å². The molecule has 144 valence electrons. The lowest BCUT2D eigenvalue weighted by Crippen LogP contribution is -2.56. The second kappa shape index (κ2) is 8.17. The molecule has 0 spiro atoms. The van der Waals surface area contributed by atoms with Crippen LogP contribution in [0.15, 0.2) is 29.6 Å². The predicted octanol–water partition coefficient (Wildman–Crippen LogP) is 3.66. The van der Waals surface area contributed by atoms with Gasteiger partial charge in [0.15, 0.2) is 0 Å². The number of benzene rings is 1. The molecular formula is C20H23FN2O3S. The summed E-state index contributed by atoms with van der Waals surface area (Å²) in [6.45, 7) is 0. The maximum Gasteiger partial charge on any atom is 0.329 e. The van der Waals surface area contributed by atoms with Crippen molar-refractivity contribution in [1.29, 1.82) is 0 Å². The highest BCUT2D eigenvalue weighted by Crippen LogP contribution is 2.33. The van der Waals surface area contributed by atoms with Crippen LogP contribution < -0.4 is 0 Å². The van der Waals surface area contributed by atoms with Gasteiger partial charge in [-0.3, -0.25) is 4.79 Å². The van der Waals surface area contributed by atoms with Crippen molar-refractivity contribution in [3.05, 3.63) is 51.7 Å². The Morgan fingerprint density at radius 3 is 2.52 bits per heavy atom. The third-order valence-corrected chi connectivity index (χ3v) is 6.19. The third kappa shape index (κ3) is 4.35. The molecule has 1 heterocycles. The van der Waals surface area contributed by atoms with Gasteiger partial charge in [-0.2, -0.15) is 0 Å². The van der Waals surface area contributed by atoms with Crippen LogP contribution in [0.3, 0.4) is 0 Å². The van der Waals surface area contributed by atoms with E-state index in [4.69, 9.17) is 0 Å². The number of hydrogen-bond acceptors (Lipinski definition) is 4. The normalized spacial score (nSPS) is 16.1. The number of carboxylic acids is 1. The first kappa shape index (κ1) is 19.5. The molecule has 27 heavy (non-hydrogen) atoms. The summed E-state index contributed by atoms with van der Waals surface area (Å²) in [5.41, 5.74) is 0.501. The van der Waals surface area contributed by atoms with Gasteiger partial charge in [-0.15, -0.1) is 11.3 Å². The van der Waals surface area contributed by atoms with E-state index < -0.39 is 11.5 Å². The molecule has 0 aliphatic heterocycles. The SMILES string of the molecule is CN(C(=O)Cc1csc(Cc2ccc(F)cc2)n1)C1(C(=O)O)CCCCC1. The molecule has 1 fully saturated rings. The van der Waals surface area contributed by atoms with Gasteiger partial charge in [0, 0.05) is 18.8 Å². The molecule has 1 aliphatic carbocycles. The van der Waals surface area contributed by atoms with Gasteiger partial charge < -0.3 is 10.0 Å². The summed E-state index contributed by atoms with van der Waals surface area (Å²) in [5.74, 6) is -1.42. The Morgan fingerprint density at radius 1 is 1.22 bits per heavy atom. The Morgan fingerprint density at radius 2 is 1.89 bits per heavy atom. The highest BCUT2D eigenvalue weighted by Gasteiger charge is 2.45. The second-order valence-electron chi connectivity index (χ2n) is 7.06. The van der Waals surface area contributed by atoms with Gasteiger partial charge in [0.1, 0.15) is 11.4 Å². The van der Waals surface area contributed by atoms with Gasteiger partial charge in [0.25, 0.3) is 0 Å². The Kier molecular flexibility index (Phi) is 5.89. The van der Waals surface area contributed by atoms with Gasteiger partial charge in [-0.05, 0) is 30.5 Å². The van der Waals surface area contributed by atoms with E-state index in [2.05, 4.69) is 4.98 Å². The van der Waals surface area contributed by atoms with Crippen molar-refractivity contribution < 1.29 is 19.1 Å². The van der Waals surface area contributed by atoms with Crippen molar-refractivity contribution in [2.75, 3.05) is 7.05 Å². The average Bonchev–Trinajstić information content (AvgIpc) is 3.10. The Labute approximate surface area is 161 Å². The number of hydrogen-bond donors (Lipinski definition) is 1. The van der Waals surface area contributed by atoms with Gasteiger partial charge in [-0.1, -0.05) is 31.4 Å². The minimum absolute atomic E-state index is 0.0887. The number of aliphatic carboxylic acids is 1. The summed E-state index contributed by atoms with van der Waals surface area (Å²) in [6, 6.07) is 6.26. The first-order valence-electron chi connectivity index (χ1n) is 9.08. The lowest BCUT2D eigenvalue weighted by Gasteiger charge is -2.41. The first-order chi connectivity index (χ1) is 12.9. The van der Waals surface area contributed by atoms with E-state index in [9.17, 15) is 19.1 Å². The monoisotopic (exact) mass is 390 g/mol. The zero-order valence-corrected chi connectivity index (χ0v) is 16.1. The number of nitrogens with zero attached hydrogens (tertiary/aromatic N) is 2. The van der Waals surface area contributed by atoms with E-state index in [1.54, 1.807) is 19.2 Å². The lowest BCUT2D eigenvalue weighted by molar-refractivity contribution is -0.160. The molecule has 2 aromatic rings. The highest BCUT2D eigenvalue weighted by molar-refractivity contribution is 7.09. The van der Waals surface area contributed by atoms with Crippen LogP contribution in [-0.4, -0.2) is 39.5 Å². The maximum absolute atomic E-state index is 13.0. The minimum atomic E-state index is -1.09. The molecule has 0 radical (unpaired) electrons. The predicted molar refractivity (Wildman–Crippen MR) is 101 cm³/mol. The molecule has 0 unspecified atom stereocenters. The molecule has 0 saturated heterocycles. The molecule has 1 aromatic carbocycles. The van der Waals surface area contributed by atoms with Gasteiger partial charge in [-0.25, -0.2) is 14.2 Å². The molecule has 1 saturated carbocycles. The van der Waals surface area contributed by atoms with Crippen LogP contribution in [0.4, 0.5) is 4.39 Å². The zero-order chi connectivity index (χ0) is 19.4. The topological polar surface area (TPSA) is 70.5 Å². The van der Waals surface area contributed by atoms with Crippen molar-refractivity contribution in [2.45, 2.75) is 50.5 Å². The van der Waals surface area contributed by atoms with Crippen molar-refractivity contribution in [1.82, 2.24) is 9.88 Å². The van der Waals surface area contributed by atoms with Crippen molar-refractivity contribution in [2.24, 2.45) is 0 Å². The summed E-state index contributed by atoms with van der Waals surface area (Å²) in [6.07, 6.45) is 4.31. The molecular weight excluding hydrogens is 367 g/mol. The Bertz CT molecular complexity index is 813. The summed E-state index contributed by atoms with van der Waals surface area (Å²) in [5, 5.41) is 12.4. The summed E-state index contributed by atoms with van der Waals surface area (Å²) in [7, 11) is 1.59. The van der Waals surface area contributed by atoms with E-state index in [0.717, 1.165) is 29.8 Å². The molecule has 1 aliphatic rings. The van der Waals surface area contributed by atoms with E-state index in [-0.39, 0.29) is 18.1 Å². The fourth-order valence-electron chi connectivity index (χ4n) is 3.63. The summed E-state index contributed by atoms with van der Waals surface area (Å²) in [4.78, 5) is 30.5. The number of likely N-dealkylation sites (N-methyl/N-ethyl adjacent to an activating group) is 1. The van der Waals surface area contributed by atoms with E-state index in [0.29, 0.717) is 25.0 Å². The van der Waals surface area contributed by atoms with Crippen molar-refractivity contribution >= 4 is 23.2 Å². The standard InChI is InChI=1S/C20H23FN2O3S/c1-23(20(19(25)26)9-3-2-4-10-20)18(24)12-16-13-27-17(22-16)11-14-5-7-15(21)8-6-14/h5-8,13H,2-4,9-12H2,1H3,(H,25,26). The molecule has 0 atom stereocenters. The number of aromatic nitrogens is 1. The fourth-order valence-corrected chi connectivity index (χ4v) is 4.46. The van der Waals surface area contributed by atoms with Gasteiger partial charge >= 0.3 is 5.97 Å². The largest absolute Gasteiger partial charge is 0.479 e. The van der Waals surface area contributed by atoms with E-state index in [1.165, 1.54) is 28.4 Å². The highest BCUT2D eigenvalue weighted by atomic mass is 32.1. The fraction of sp³-hybridized carbons (Fsp3) is 0.450. The smallest absolute Gasteiger partial charge is 0.329 e. The van der Waals surface area contributed by atoms with Crippen molar-refractivity contribution in [3.8, 4) is 0 Å². The number of carboxylic acid groups (broad SMARTS) is 1. The molecule has 1 aromatic heterocycles. The number of rotatable bonds is 6. The lowest BCUT2D eigenvalue weighted by atomic mass is 9.80. The van der Waals surface area contributed by atoms with E-state index >= 15 is 0 Å². The average molecular weight is 390 g/mol. The number of carbonyl (C=O) groups is 2.